The summed E-state index contributed by atoms with van der Waals surface area (Å²) < 4.78 is 0. The van der Waals surface area contributed by atoms with E-state index in [0.29, 0.717) is 21.4 Å². The first-order valence-corrected chi connectivity index (χ1v) is 5.77. The Morgan fingerprint density at radius 3 is 2.41 bits per heavy atom. The van der Waals surface area contributed by atoms with Crippen LogP contribution in [0, 0.1) is 0 Å². The van der Waals surface area contributed by atoms with Crippen LogP contribution < -0.4 is 5.73 Å². The van der Waals surface area contributed by atoms with Crippen molar-refractivity contribution in [2.45, 2.75) is 0 Å². The number of benzene rings is 2. The van der Waals surface area contributed by atoms with E-state index in [1.807, 2.05) is 30.3 Å². The topological polar surface area (TPSA) is 38.4 Å². The second-order valence-corrected chi connectivity index (χ2v) is 4.30. The molecule has 0 aliphatic rings. The highest BCUT2D eigenvalue weighted by Crippen LogP contribution is 2.21. The van der Waals surface area contributed by atoms with E-state index in [1.165, 1.54) is 0 Å². The molecule has 0 radical (unpaired) electrons. The molecule has 0 heterocycles. The maximum Gasteiger partial charge on any atom is 0.132 e. The van der Waals surface area contributed by atoms with Gasteiger partial charge >= 0.3 is 0 Å². The van der Waals surface area contributed by atoms with Gasteiger partial charge in [-0.25, -0.2) is 4.99 Å². The van der Waals surface area contributed by atoms with Crippen molar-refractivity contribution in [2.75, 3.05) is 0 Å². The fourth-order valence-electron chi connectivity index (χ4n) is 1.40. The summed E-state index contributed by atoms with van der Waals surface area (Å²) in [5.74, 6) is 0.351. The van der Waals surface area contributed by atoms with Gasteiger partial charge < -0.3 is 5.73 Å². The van der Waals surface area contributed by atoms with Crippen molar-refractivity contribution in [3.8, 4) is 0 Å². The molecule has 0 spiro atoms. The molecule has 0 unspecified atom stereocenters. The lowest BCUT2D eigenvalue weighted by Crippen LogP contribution is -2.13. The van der Waals surface area contributed by atoms with Crippen molar-refractivity contribution in [3.05, 3.63) is 64.1 Å². The van der Waals surface area contributed by atoms with Crippen molar-refractivity contribution in [1.29, 1.82) is 0 Å². The number of aliphatic imine (C=N–C) groups is 1. The molecule has 0 aromatic heterocycles. The van der Waals surface area contributed by atoms with Crippen LogP contribution in [0.5, 0.6) is 0 Å². The van der Waals surface area contributed by atoms with E-state index in [-0.39, 0.29) is 0 Å². The van der Waals surface area contributed by atoms with Crippen molar-refractivity contribution in [1.82, 2.24) is 0 Å². The average Bonchev–Trinajstić information content (AvgIpc) is 2.33. The van der Waals surface area contributed by atoms with Gasteiger partial charge in [0.1, 0.15) is 5.84 Å². The van der Waals surface area contributed by atoms with Crippen LogP contribution in [-0.4, -0.2) is 5.84 Å². The van der Waals surface area contributed by atoms with E-state index in [1.54, 1.807) is 18.2 Å². The van der Waals surface area contributed by atoms with Crippen LogP contribution in [0.2, 0.25) is 10.0 Å². The summed E-state index contributed by atoms with van der Waals surface area (Å²) >= 11 is 11.9. The monoisotopic (exact) mass is 264 g/mol. The van der Waals surface area contributed by atoms with E-state index in [2.05, 4.69) is 4.99 Å². The highest BCUT2D eigenvalue weighted by Gasteiger charge is 2.05. The molecule has 0 aliphatic heterocycles. The van der Waals surface area contributed by atoms with Crippen LogP contribution in [0.1, 0.15) is 5.56 Å². The van der Waals surface area contributed by atoms with Gasteiger partial charge in [-0.3, -0.25) is 0 Å². The fraction of sp³-hybridized carbons (Fsp3) is 0. The zero-order valence-electron chi connectivity index (χ0n) is 8.90. The van der Waals surface area contributed by atoms with Crippen molar-refractivity contribution in [2.24, 2.45) is 10.7 Å². The summed E-state index contributed by atoms with van der Waals surface area (Å²) in [7, 11) is 0. The lowest BCUT2D eigenvalue weighted by atomic mass is 10.2. The van der Waals surface area contributed by atoms with Crippen molar-refractivity contribution in [3.63, 3.8) is 0 Å². The fourth-order valence-corrected chi connectivity index (χ4v) is 1.78. The van der Waals surface area contributed by atoms with E-state index >= 15 is 0 Å². The van der Waals surface area contributed by atoms with E-state index < -0.39 is 0 Å². The predicted molar refractivity (Wildman–Crippen MR) is 73.3 cm³/mol. The highest BCUT2D eigenvalue weighted by atomic mass is 35.5. The summed E-state index contributed by atoms with van der Waals surface area (Å²) in [6.45, 7) is 0. The minimum absolute atomic E-state index is 0.351. The highest BCUT2D eigenvalue weighted by molar-refractivity contribution is 6.36. The van der Waals surface area contributed by atoms with Crippen LogP contribution in [0.25, 0.3) is 0 Å². The molecule has 2 nitrogen and oxygen atoms in total. The molecule has 0 saturated heterocycles. The molecule has 17 heavy (non-hydrogen) atoms. The van der Waals surface area contributed by atoms with Gasteiger partial charge in [-0.05, 0) is 30.3 Å². The van der Waals surface area contributed by atoms with Crippen LogP contribution in [-0.2, 0) is 0 Å². The molecule has 0 saturated carbocycles. The van der Waals surface area contributed by atoms with Gasteiger partial charge in [0.05, 0.1) is 10.7 Å². The maximum atomic E-state index is 6.04. The molecular formula is C13H10Cl2N2. The number of amidine groups is 1. The number of rotatable bonds is 2. The summed E-state index contributed by atoms with van der Waals surface area (Å²) in [6, 6.07) is 14.6. The SMILES string of the molecule is NC(=Nc1ccccc1)c1cc(Cl)ccc1Cl. The Labute approximate surface area is 110 Å². The first-order valence-electron chi connectivity index (χ1n) is 5.01. The number of hydrogen-bond donors (Lipinski definition) is 1. The second kappa shape index (κ2) is 5.21. The molecule has 4 heteroatoms. The smallest absolute Gasteiger partial charge is 0.132 e. The standard InChI is InChI=1S/C13H10Cl2N2/c14-9-6-7-12(15)11(8-9)13(16)17-10-4-2-1-3-5-10/h1-8H,(H2,16,17). The molecule has 2 N–H and O–H groups in total. The van der Waals surface area contributed by atoms with Crippen LogP contribution in [0.4, 0.5) is 5.69 Å². The van der Waals surface area contributed by atoms with Gasteiger partial charge in [0.2, 0.25) is 0 Å². The third-order valence-corrected chi connectivity index (χ3v) is 2.77. The Hall–Kier alpha value is -1.51. The van der Waals surface area contributed by atoms with E-state index in [4.69, 9.17) is 28.9 Å². The van der Waals surface area contributed by atoms with Gasteiger partial charge in [-0.15, -0.1) is 0 Å². The quantitative estimate of drug-likeness (QED) is 0.646. The predicted octanol–water partition coefficient (Wildman–Crippen LogP) is 4.03. The molecular weight excluding hydrogens is 255 g/mol. The summed E-state index contributed by atoms with van der Waals surface area (Å²) in [4.78, 5) is 4.28. The minimum atomic E-state index is 0.351. The van der Waals surface area contributed by atoms with E-state index in [9.17, 15) is 0 Å². The van der Waals surface area contributed by atoms with Gasteiger partial charge in [0.25, 0.3) is 0 Å². The lowest BCUT2D eigenvalue weighted by molar-refractivity contribution is 1.45. The molecule has 2 aromatic rings. The zero-order valence-corrected chi connectivity index (χ0v) is 10.4. The average molecular weight is 265 g/mol. The molecule has 0 bridgehead atoms. The van der Waals surface area contributed by atoms with Crippen molar-refractivity contribution < 1.29 is 0 Å². The summed E-state index contributed by atoms with van der Waals surface area (Å²) in [5.41, 5.74) is 7.32. The molecule has 0 amide bonds. The Bertz CT molecular complexity index is 551. The first-order chi connectivity index (χ1) is 8.16. The second-order valence-electron chi connectivity index (χ2n) is 3.46. The van der Waals surface area contributed by atoms with Gasteiger partial charge in [0, 0.05) is 10.6 Å². The zero-order chi connectivity index (χ0) is 12.3. The third kappa shape index (κ3) is 2.99. The summed E-state index contributed by atoms with van der Waals surface area (Å²) in [6.07, 6.45) is 0. The molecule has 0 aliphatic carbocycles. The number of hydrogen-bond acceptors (Lipinski definition) is 1. The molecule has 0 fully saturated rings. The van der Waals surface area contributed by atoms with Gasteiger partial charge in [-0.1, -0.05) is 41.4 Å². The molecule has 0 atom stereocenters. The van der Waals surface area contributed by atoms with Gasteiger partial charge in [0.15, 0.2) is 0 Å². The number of para-hydroxylation sites is 1. The maximum absolute atomic E-state index is 6.04. The summed E-state index contributed by atoms with van der Waals surface area (Å²) in [5, 5.41) is 1.11. The van der Waals surface area contributed by atoms with Crippen molar-refractivity contribution >= 4 is 34.7 Å². The number of halogens is 2. The largest absolute Gasteiger partial charge is 0.383 e. The Kier molecular flexibility index (Phi) is 3.67. The van der Waals surface area contributed by atoms with E-state index in [0.717, 1.165) is 5.69 Å². The molecule has 86 valence electrons. The normalized spacial score (nSPS) is 11.5. The molecule has 2 aromatic carbocycles. The Morgan fingerprint density at radius 2 is 1.71 bits per heavy atom. The first kappa shape index (κ1) is 12.0. The van der Waals surface area contributed by atoms with Crippen LogP contribution in [0.3, 0.4) is 0 Å². The Morgan fingerprint density at radius 1 is 1.00 bits per heavy atom. The molecule has 2 rings (SSSR count). The number of nitrogens with two attached hydrogens (primary N) is 1. The number of nitrogens with zero attached hydrogens (tertiary/aromatic N) is 1. The van der Waals surface area contributed by atoms with Crippen LogP contribution >= 0.6 is 23.2 Å². The Balaban J connectivity index is 2.40. The minimum Gasteiger partial charge on any atom is -0.383 e. The third-order valence-electron chi connectivity index (χ3n) is 2.21. The lowest BCUT2D eigenvalue weighted by Gasteiger charge is -2.04. The van der Waals surface area contributed by atoms with Crippen LogP contribution in [0.15, 0.2) is 53.5 Å². The van der Waals surface area contributed by atoms with Gasteiger partial charge in [-0.2, -0.15) is 0 Å².